The van der Waals surface area contributed by atoms with Crippen molar-refractivity contribution in [3.8, 4) is 5.75 Å². The van der Waals surface area contributed by atoms with E-state index in [0.717, 1.165) is 23.4 Å². The number of amides is 1. The van der Waals surface area contributed by atoms with E-state index in [1.807, 2.05) is 47.2 Å². The predicted molar refractivity (Wildman–Crippen MR) is 94.2 cm³/mol. The Hall–Kier alpha value is -3.08. The van der Waals surface area contributed by atoms with Gasteiger partial charge in [0, 0.05) is 31.9 Å². The van der Waals surface area contributed by atoms with Gasteiger partial charge in [0.1, 0.15) is 5.75 Å². The van der Waals surface area contributed by atoms with Crippen LogP contribution in [0.4, 0.5) is 0 Å². The maximum atomic E-state index is 12.3. The van der Waals surface area contributed by atoms with Crippen LogP contribution in [0.25, 0.3) is 0 Å². The Morgan fingerprint density at radius 2 is 1.96 bits per heavy atom. The van der Waals surface area contributed by atoms with Crippen LogP contribution in [0.3, 0.4) is 0 Å². The highest BCUT2D eigenvalue weighted by Gasteiger charge is 2.28. The molecule has 0 radical (unpaired) electrons. The van der Waals surface area contributed by atoms with Gasteiger partial charge < -0.3 is 14.6 Å². The van der Waals surface area contributed by atoms with Gasteiger partial charge in [-0.25, -0.2) is 4.98 Å². The lowest BCUT2D eigenvalue weighted by Crippen LogP contribution is -2.37. The topological polar surface area (TPSA) is 56.2 Å². The molecule has 0 saturated heterocycles. The van der Waals surface area contributed by atoms with Crippen LogP contribution >= 0.6 is 0 Å². The van der Waals surface area contributed by atoms with E-state index in [4.69, 9.17) is 4.74 Å². The highest BCUT2D eigenvalue weighted by molar-refractivity contribution is 5.82. The number of carbonyl (C=O) groups is 1. The van der Waals surface area contributed by atoms with E-state index in [1.54, 1.807) is 12.5 Å². The maximum absolute atomic E-state index is 12.3. The molecule has 1 atom stereocenters. The van der Waals surface area contributed by atoms with Gasteiger partial charge in [0.25, 0.3) is 5.91 Å². The van der Waals surface area contributed by atoms with Crippen molar-refractivity contribution < 1.29 is 9.53 Å². The second-order valence-corrected chi connectivity index (χ2v) is 6.19. The molecule has 2 heterocycles. The van der Waals surface area contributed by atoms with Crippen molar-refractivity contribution in [1.29, 1.82) is 0 Å². The molecule has 0 saturated carbocycles. The Labute approximate surface area is 146 Å². The lowest BCUT2D eigenvalue weighted by atomic mass is 10.1. The average Bonchev–Trinajstić information content (AvgIpc) is 3.30. The van der Waals surface area contributed by atoms with E-state index in [2.05, 4.69) is 22.4 Å². The molecule has 1 N–H and O–H groups in total. The summed E-state index contributed by atoms with van der Waals surface area (Å²) in [7, 11) is 0. The third kappa shape index (κ3) is 3.55. The molecular weight excluding hydrogens is 314 g/mol. The van der Waals surface area contributed by atoms with Crippen LogP contribution in [-0.4, -0.2) is 21.6 Å². The summed E-state index contributed by atoms with van der Waals surface area (Å²) < 4.78 is 7.73. The summed E-state index contributed by atoms with van der Waals surface area (Å²) >= 11 is 0. The fraction of sp³-hybridized carbons (Fsp3) is 0.200. The first-order chi connectivity index (χ1) is 12.3. The van der Waals surface area contributed by atoms with Crippen LogP contribution in [0.5, 0.6) is 5.75 Å². The molecule has 0 aliphatic carbocycles. The number of hydrogen-bond acceptors (Lipinski definition) is 3. The minimum atomic E-state index is -0.432. The zero-order valence-corrected chi connectivity index (χ0v) is 13.8. The Bertz CT molecular complexity index is 832. The zero-order valence-electron chi connectivity index (χ0n) is 13.8. The number of ether oxygens (including phenoxy) is 1. The molecule has 0 fully saturated rings. The first-order valence-electron chi connectivity index (χ1n) is 8.34. The van der Waals surface area contributed by atoms with Crippen molar-refractivity contribution >= 4 is 5.91 Å². The van der Waals surface area contributed by atoms with Gasteiger partial charge in [-0.05, 0) is 22.8 Å². The lowest BCUT2D eigenvalue weighted by molar-refractivity contribution is -0.127. The Morgan fingerprint density at radius 1 is 1.16 bits per heavy atom. The normalized spacial score (nSPS) is 15.4. The zero-order chi connectivity index (χ0) is 17.1. The third-order valence-electron chi connectivity index (χ3n) is 4.35. The van der Waals surface area contributed by atoms with Gasteiger partial charge in [-0.2, -0.15) is 0 Å². The number of para-hydroxylation sites is 1. The smallest absolute Gasteiger partial charge is 0.261 e. The van der Waals surface area contributed by atoms with Crippen LogP contribution in [0, 0.1) is 0 Å². The molecule has 3 aromatic rings. The molecule has 0 spiro atoms. The maximum Gasteiger partial charge on any atom is 0.261 e. The average molecular weight is 333 g/mol. The summed E-state index contributed by atoms with van der Waals surface area (Å²) in [6.45, 7) is 1.29. The van der Waals surface area contributed by atoms with Crippen LogP contribution in [-0.2, 0) is 24.3 Å². The second kappa shape index (κ2) is 6.81. The van der Waals surface area contributed by atoms with E-state index < -0.39 is 6.10 Å². The standard InChI is InChI=1S/C20H19N3O2/c24-20(19-11-17-3-1-2-4-18(17)25-19)22-12-15-5-7-16(8-6-15)13-23-10-9-21-14-23/h1-10,14,19H,11-13H2,(H,22,24). The van der Waals surface area contributed by atoms with Crippen molar-refractivity contribution in [3.05, 3.63) is 83.9 Å². The number of benzene rings is 2. The van der Waals surface area contributed by atoms with Crippen molar-refractivity contribution in [1.82, 2.24) is 14.9 Å². The number of hydrogen-bond donors (Lipinski definition) is 1. The van der Waals surface area contributed by atoms with Gasteiger partial charge in [0.05, 0.1) is 6.33 Å². The Balaban J connectivity index is 1.30. The number of fused-ring (bicyclic) bond motifs is 1. The molecule has 1 aliphatic rings. The molecule has 1 aliphatic heterocycles. The third-order valence-corrected chi connectivity index (χ3v) is 4.35. The molecule has 25 heavy (non-hydrogen) atoms. The number of aromatic nitrogens is 2. The van der Waals surface area contributed by atoms with Crippen LogP contribution in [0.1, 0.15) is 16.7 Å². The summed E-state index contributed by atoms with van der Waals surface area (Å²) in [5.74, 6) is 0.741. The van der Waals surface area contributed by atoms with Crippen LogP contribution in [0.2, 0.25) is 0 Å². The van der Waals surface area contributed by atoms with Gasteiger partial charge in [-0.15, -0.1) is 0 Å². The molecule has 1 aromatic heterocycles. The Kier molecular flexibility index (Phi) is 4.21. The first kappa shape index (κ1) is 15.4. The summed E-state index contributed by atoms with van der Waals surface area (Å²) in [6, 6.07) is 16.0. The summed E-state index contributed by atoms with van der Waals surface area (Å²) in [5.41, 5.74) is 3.35. The van der Waals surface area contributed by atoms with E-state index in [1.165, 1.54) is 5.56 Å². The molecule has 1 unspecified atom stereocenters. The number of imidazole rings is 1. The summed E-state index contributed by atoms with van der Waals surface area (Å²) in [4.78, 5) is 16.4. The monoisotopic (exact) mass is 333 g/mol. The fourth-order valence-corrected chi connectivity index (χ4v) is 2.98. The molecule has 4 rings (SSSR count). The molecular formula is C20H19N3O2. The lowest BCUT2D eigenvalue weighted by Gasteiger charge is -2.12. The minimum Gasteiger partial charge on any atom is -0.480 e. The SMILES string of the molecule is O=C(NCc1ccc(Cn2ccnc2)cc1)C1Cc2ccccc2O1. The van der Waals surface area contributed by atoms with Crippen molar-refractivity contribution in [2.45, 2.75) is 25.6 Å². The number of rotatable bonds is 5. The van der Waals surface area contributed by atoms with Gasteiger partial charge in [-0.3, -0.25) is 4.79 Å². The predicted octanol–water partition coefficient (Wildman–Crippen LogP) is 2.55. The second-order valence-electron chi connectivity index (χ2n) is 6.19. The first-order valence-corrected chi connectivity index (χ1v) is 8.34. The summed E-state index contributed by atoms with van der Waals surface area (Å²) in [5, 5.41) is 2.96. The molecule has 2 aromatic carbocycles. The Morgan fingerprint density at radius 3 is 2.72 bits per heavy atom. The number of nitrogens with zero attached hydrogens (tertiary/aromatic N) is 2. The fourth-order valence-electron chi connectivity index (χ4n) is 2.98. The molecule has 5 heteroatoms. The largest absolute Gasteiger partial charge is 0.480 e. The van der Waals surface area contributed by atoms with Crippen molar-refractivity contribution in [3.63, 3.8) is 0 Å². The molecule has 1 amide bonds. The number of nitrogens with one attached hydrogen (secondary N) is 1. The quantitative estimate of drug-likeness (QED) is 0.781. The molecule has 0 bridgehead atoms. The van der Waals surface area contributed by atoms with E-state index in [0.29, 0.717) is 13.0 Å². The van der Waals surface area contributed by atoms with E-state index in [9.17, 15) is 4.79 Å². The summed E-state index contributed by atoms with van der Waals surface area (Å²) in [6.07, 6.45) is 5.71. The van der Waals surface area contributed by atoms with Crippen LogP contribution in [0.15, 0.2) is 67.3 Å². The van der Waals surface area contributed by atoms with Crippen molar-refractivity contribution in [2.24, 2.45) is 0 Å². The molecule has 126 valence electrons. The van der Waals surface area contributed by atoms with Gasteiger partial charge in [-0.1, -0.05) is 42.5 Å². The van der Waals surface area contributed by atoms with Gasteiger partial charge >= 0.3 is 0 Å². The minimum absolute atomic E-state index is 0.0707. The van der Waals surface area contributed by atoms with E-state index >= 15 is 0 Å². The van der Waals surface area contributed by atoms with Crippen LogP contribution < -0.4 is 10.1 Å². The number of carbonyl (C=O) groups excluding carboxylic acids is 1. The van der Waals surface area contributed by atoms with Gasteiger partial charge in [0.2, 0.25) is 0 Å². The molecule has 5 nitrogen and oxygen atoms in total. The van der Waals surface area contributed by atoms with E-state index in [-0.39, 0.29) is 5.91 Å². The highest BCUT2D eigenvalue weighted by atomic mass is 16.5. The van der Waals surface area contributed by atoms with Gasteiger partial charge in [0.15, 0.2) is 6.10 Å². The highest BCUT2D eigenvalue weighted by Crippen LogP contribution is 2.28. The van der Waals surface area contributed by atoms with Crippen molar-refractivity contribution in [2.75, 3.05) is 0 Å².